The summed E-state index contributed by atoms with van der Waals surface area (Å²) in [6.45, 7) is 1.70. The van der Waals surface area contributed by atoms with Gasteiger partial charge in [0.25, 0.3) is 0 Å². The van der Waals surface area contributed by atoms with E-state index >= 15 is 0 Å². The highest BCUT2D eigenvalue weighted by atomic mass is 19.1. The molecule has 0 amide bonds. The van der Waals surface area contributed by atoms with E-state index in [0.717, 1.165) is 0 Å². The van der Waals surface area contributed by atoms with Gasteiger partial charge in [-0.1, -0.05) is 12.1 Å². The lowest BCUT2D eigenvalue weighted by molar-refractivity contribution is 0.106. The molecule has 0 spiro atoms. The molecule has 0 saturated carbocycles. The number of ether oxygens (including phenoxy) is 1. The third kappa shape index (κ3) is 3.62. The Labute approximate surface area is 155 Å². The Bertz CT molecular complexity index is 1030. The van der Waals surface area contributed by atoms with Gasteiger partial charge in [-0.15, -0.1) is 0 Å². The van der Waals surface area contributed by atoms with Crippen molar-refractivity contribution in [1.29, 1.82) is 5.41 Å². The van der Waals surface area contributed by atoms with Crippen LogP contribution < -0.4 is 16.2 Å². The Morgan fingerprint density at radius 3 is 2.56 bits per heavy atom. The number of carbonyl (C=O) groups excluding carboxylic acids is 1. The fourth-order valence-electron chi connectivity index (χ4n) is 2.62. The molecule has 3 aromatic rings. The fourth-order valence-corrected chi connectivity index (χ4v) is 2.62. The van der Waals surface area contributed by atoms with Crippen LogP contribution in [0.5, 0.6) is 11.5 Å². The largest absolute Gasteiger partial charge is 0.454 e. The Hall–Kier alpha value is -3.74. The standard InChI is InChI=1S/C20H17FN4O2/c1-11-10-12(27-16-5-3-2-4-14(16)21)6-7-13(11)19(26)18(23)17-15(22)8-9-25-20(17)24/h2-10,23H,1H3,(H4,22,24,25). The van der Waals surface area contributed by atoms with Gasteiger partial charge in [-0.25, -0.2) is 9.37 Å². The van der Waals surface area contributed by atoms with E-state index in [1.54, 1.807) is 25.1 Å². The van der Waals surface area contributed by atoms with E-state index in [2.05, 4.69) is 4.98 Å². The molecule has 0 atom stereocenters. The van der Waals surface area contributed by atoms with Crippen molar-refractivity contribution >= 4 is 23.0 Å². The molecule has 2 aromatic carbocycles. The molecule has 6 nitrogen and oxygen atoms in total. The van der Waals surface area contributed by atoms with Gasteiger partial charge in [0.2, 0.25) is 5.78 Å². The van der Waals surface area contributed by atoms with Crippen molar-refractivity contribution in [1.82, 2.24) is 4.98 Å². The lowest BCUT2D eigenvalue weighted by Crippen LogP contribution is -2.19. The van der Waals surface area contributed by atoms with E-state index in [1.807, 2.05) is 0 Å². The number of nitrogens with two attached hydrogens (primary N) is 2. The van der Waals surface area contributed by atoms with Crippen molar-refractivity contribution in [2.45, 2.75) is 6.92 Å². The summed E-state index contributed by atoms with van der Waals surface area (Å²) in [6, 6.07) is 12.2. The summed E-state index contributed by atoms with van der Waals surface area (Å²) in [5.74, 6) is -0.554. The van der Waals surface area contributed by atoms with Crippen molar-refractivity contribution in [3.05, 3.63) is 77.2 Å². The molecule has 5 N–H and O–H groups in total. The van der Waals surface area contributed by atoms with Crippen LogP contribution in [0, 0.1) is 18.2 Å². The number of ketones is 1. The minimum absolute atomic E-state index is 0.0190. The number of halogens is 1. The number of aryl methyl sites for hydroxylation is 1. The number of nitrogens with one attached hydrogen (secondary N) is 1. The molecule has 0 radical (unpaired) electrons. The van der Waals surface area contributed by atoms with E-state index in [0.29, 0.717) is 16.9 Å². The highest BCUT2D eigenvalue weighted by Crippen LogP contribution is 2.27. The number of benzene rings is 2. The third-order valence-electron chi connectivity index (χ3n) is 4.00. The molecule has 0 bridgehead atoms. The number of pyridine rings is 1. The van der Waals surface area contributed by atoms with Gasteiger partial charge >= 0.3 is 0 Å². The summed E-state index contributed by atoms with van der Waals surface area (Å²) in [5.41, 5.74) is 12.4. The zero-order valence-corrected chi connectivity index (χ0v) is 14.5. The van der Waals surface area contributed by atoms with Crippen LogP contribution in [0.4, 0.5) is 15.9 Å². The molecule has 0 unspecified atom stereocenters. The summed E-state index contributed by atoms with van der Waals surface area (Å²) in [6.07, 6.45) is 1.41. The zero-order chi connectivity index (χ0) is 19.6. The topological polar surface area (TPSA) is 115 Å². The summed E-state index contributed by atoms with van der Waals surface area (Å²) in [4.78, 5) is 16.6. The van der Waals surface area contributed by atoms with Crippen molar-refractivity contribution in [2.75, 3.05) is 11.5 Å². The van der Waals surface area contributed by atoms with Gasteiger partial charge in [0, 0.05) is 17.4 Å². The Balaban J connectivity index is 1.88. The lowest BCUT2D eigenvalue weighted by atomic mass is 9.96. The van der Waals surface area contributed by atoms with Gasteiger partial charge in [-0.05, 0) is 48.9 Å². The molecule has 0 fully saturated rings. The van der Waals surface area contributed by atoms with E-state index in [4.69, 9.17) is 21.6 Å². The second kappa shape index (κ2) is 7.25. The van der Waals surface area contributed by atoms with Crippen LogP contribution in [-0.4, -0.2) is 16.5 Å². The highest BCUT2D eigenvalue weighted by molar-refractivity contribution is 6.52. The maximum Gasteiger partial charge on any atom is 0.211 e. The van der Waals surface area contributed by atoms with Crippen LogP contribution in [-0.2, 0) is 0 Å². The number of anilines is 2. The number of hydrogen-bond acceptors (Lipinski definition) is 6. The average Bonchev–Trinajstić information content (AvgIpc) is 2.63. The van der Waals surface area contributed by atoms with Gasteiger partial charge in [0.15, 0.2) is 11.6 Å². The van der Waals surface area contributed by atoms with Gasteiger partial charge in [-0.3, -0.25) is 10.2 Å². The molecule has 7 heteroatoms. The van der Waals surface area contributed by atoms with Crippen LogP contribution in [0.1, 0.15) is 21.5 Å². The van der Waals surface area contributed by atoms with E-state index in [9.17, 15) is 9.18 Å². The van der Waals surface area contributed by atoms with E-state index < -0.39 is 11.6 Å². The van der Waals surface area contributed by atoms with Crippen LogP contribution in [0.3, 0.4) is 0 Å². The maximum atomic E-state index is 13.7. The molecule has 27 heavy (non-hydrogen) atoms. The molecule has 0 saturated heterocycles. The number of nitrogen functional groups attached to an aromatic ring is 2. The highest BCUT2D eigenvalue weighted by Gasteiger charge is 2.21. The first-order chi connectivity index (χ1) is 12.9. The predicted molar refractivity (Wildman–Crippen MR) is 102 cm³/mol. The monoisotopic (exact) mass is 364 g/mol. The summed E-state index contributed by atoms with van der Waals surface area (Å²) in [7, 11) is 0. The first-order valence-corrected chi connectivity index (χ1v) is 8.05. The normalized spacial score (nSPS) is 10.4. The molecule has 0 aliphatic heterocycles. The van der Waals surface area contributed by atoms with E-state index in [-0.39, 0.29) is 28.5 Å². The number of rotatable bonds is 5. The van der Waals surface area contributed by atoms with Crippen LogP contribution in [0.15, 0.2) is 54.7 Å². The summed E-state index contributed by atoms with van der Waals surface area (Å²) >= 11 is 0. The van der Waals surface area contributed by atoms with Gasteiger partial charge < -0.3 is 16.2 Å². The second-order valence-corrected chi connectivity index (χ2v) is 5.87. The van der Waals surface area contributed by atoms with Gasteiger partial charge in [-0.2, -0.15) is 0 Å². The number of aromatic nitrogens is 1. The smallest absolute Gasteiger partial charge is 0.211 e. The quantitative estimate of drug-likeness (QED) is 0.471. The van der Waals surface area contributed by atoms with Crippen LogP contribution >= 0.6 is 0 Å². The fraction of sp³-hybridized carbons (Fsp3) is 0.0500. The van der Waals surface area contributed by atoms with Crippen molar-refractivity contribution in [3.63, 3.8) is 0 Å². The SMILES string of the molecule is Cc1cc(Oc2ccccc2F)ccc1C(=O)C(=N)c1c(N)ccnc1N. The van der Waals surface area contributed by atoms with Crippen LogP contribution in [0.2, 0.25) is 0 Å². The molecule has 136 valence electrons. The number of Topliss-reactive ketones (excluding diaryl/α,β-unsaturated/α-hetero) is 1. The number of nitrogens with zero attached hydrogens (tertiary/aromatic N) is 1. The van der Waals surface area contributed by atoms with Crippen molar-refractivity contribution < 1.29 is 13.9 Å². The first-order valence-electron chi connectivity index (χ1n) is 8.05. The Morgan fingerprint density at radius 1 is 1.15 bits per heavy atom. The minimum Gasteiger partial charge on any atom is -0.454 e. The van der Waals surface area contributed by atoms with Crippen molar-refractivity contribution in [2.24, 2.45) is 0 Å². The average molecular weight is 364 g/mol. The number of hydrogen-bond donors (Lipinski definition) is 3. The molecular formula is C20H17FN4O2. The molecule has 3 rings (SSSR count). The predicted octanol–water partition coefficient (Wildman–Crippen LogP) is 3.74. The Kier molecular flexibility index (Phi) is 4.85. The van der Waals surface area contributed by atoms with Crippen molar-refractivity contribution in [3.8, 4) is 11.5 Å². The minimum atomic E-state index is -0.545. The third-order valence-corrected chi connectivity index (χ3v) is 4.00. The van der Waals surface area contributed by atoms with E-state index in [1.165, 1.54) is 36.5 Å². The zero-order valence-electron chi connectivity index (χ0n) is 14.5. The summed E-state index contributed by atoms with van der Waals surface area (Å²) < 4.78 is 19.2. The lowest BCUT2D eigenvalue weighted by Gasteiger charge is -2.12. The number of para-hydroxylation sites is 1. The molecule has 1 aromatic heterocycles. The first kappa shape index (κ1) is 18.1. The molecular weight excluding hydrogens is 347 g/mol. The molecule has 1 heterocycles. The van der Waals surface area contributed by atoms with Gasteiger partial charge in [0.1, 0.15) is 17.3 Å². The second-order valence-electron chi connectivity index (χ2n) is 5.87. The maximum absolute atomic E-state index is 13.7. The summed E-state index contributed by atoms with van der Waals surface area (Å²) in [5, 5.41) is 8.18. The van der Waals surface area contributed by atoms with Gasteiger partial charge in [0.05, 0.1) is 5.56 Å². The number of carbonyl (C=O) groups is 1. The van der Waals surface area contributed by atoms with Crippen LogP contribution in [0.25, 0.3) is 0 Å². The molecule has 0 aliphatic carbocycles. The molecule has 0 aliphatic rings. The Morgan fingerprint density at radius 2 is 1.89 bits per heavy atom.